The Labute approximate surface area is 206 Å². The SMILES string of the molecule is COC1CN(c2cccc(C(OC)C(=O)Nc3nnc(N[C@@H]4CCN(c5nccnn5)C4)s3)c2)C1. The Bertz CT molecular complexity index is 1140. The zero-order valence-electron chi connectivity index (χ0n) is 19.5. The maximum atomic E-state index is 13.0. The van der Waals surface area contributed by atoms with E-state index in [4.69, 9.17) is 9.47 Å². The van der Waals surface area contributed by atoms with E-state index in [1.807, 2.05) is 24.3 Å². The Hall–Kier alpha value is -3.42. The number of carbonyl (C=O) groups excluding carboxylic acids is 1. The number of ether oxygens (including phenoxy) is 2. The van der Waals surface area contributed by atoms with E-state index in [2.05, 4.69) is 45.8 Å². The molecule has 2 aliphatic rings. The van der Waals surface area contributed by atoms with Gasteiger partial charge >= 0.3 is 0 Å². The summed E-state index contributed by atoms with van der Waals surface area (Å²) in [6.07, 6.45) is 3.58. The molecule has 2 atom stereocenters. The van der Waals surface area contributed by atoms with Crippen molar-refractivity contribution >= 4 is 39.1 Å². The second-order valence-electron chi connectivity index (χ2n) is 8.39. The van der Waals surface area contributed by atoms with Crippen LogP contribution in [0.3, 0.4) is 0 Å². The van der Waals surface area contributed by atoms with E-state index in [0.29, 0.717) is 16.2 Å². The summed E-state index contributed by atoms with van der Waals surface area (Å²) in [5, 5.41) is 23.5. The van der Waals surface area contributed by atoms with Crippen molar-refractivity contribution in [2.75, 3.05) is 60.8 Å². The molecule has 5 rings (SSSR count). The number of methoxy groups -OCH3 is 2. The minimum atomic E-state index is -0.766. The van der Waals surface area contributed by atoms with Crippen molar-refractivity contribution in [2.24, 2.45) is 0 Å². The molecule has 12 nitrogen and oxygen atoms in total. The molecule has 4 heterocycles. The molecule has 2 saturated heterocycles. The topological polar surface area (TPSA) is 131 Å². The van der Waals surface area contributed by atoms with Crippen molar-refractivity contribution in [3.05, 3.63) is 42.2 Å². The highest BCUT2D eigenvalue weighted by molar-refractivity contribution is 7.19. The van der Waals surface area contributed by atoms with Gasteiger partial charge in [-0.25, -0.2) is 4.98 Å². The second-order valence-corrected chi connectivity index (χ2v) is 9.37. The summed E-state index contributed by atoms with van der Waals surface area (Å²) in [6, 6.07) is 7.98. The van der Waals surface area contributed by atoms with Crippen LogP contribution in [-0.2, 0) is 14.3 Å². The maximum absolute atomic E-state index is 13.0. The molecule has 13 heteroatoms. The number of aromatic nitrogens is 5. The lowest BCUT2D eigenvalue weighted by Gasteiger charge is -2.40. The van der Waals surface area contributed by atoms with Crippen LogP contribution in [-0.4, -0.2) is 83.8 Å². The molecule has 2 aromatic heterocycles. The first-order chi connectivity index (χ1) is 17.1. The van der Waals surface area contributed by atoms with Crippen LogP contribution >= 0.6 is 11.3 Å². The van der Waals surface area contributed by atoms with Gasteiger partial charge in [-0.15, -0.1) is 15.3 Å². The van der Waals surface area contributed by atoms with E-state index in [-0.39, 0.29) is 18.1 Å². The minimum absolute atomic E-state index is 0.170. The number of rotatable bonds is 9. The molecule has 2 aliphatic heterocycles. The Balaban J connectivity index is 1.17. The van der Waals surface area contributed by atoms with E-state index in [1.54, 1.807) is 19.5 Å². The van der Waals surface area contributed by atoms with E-state index in [0.717, 1.165) is 43.9 Å². The number of benzene rings is 1. The zero-order valence-corrected chi connectivity index (χ0v) is 20.3. The molecule has 35 heavy (non-hydrogen) atoms. The van der Waals surface area contributed by atoms with Crippen LogP contribution in [0.5, 0.6) is 0 Å². The fraction of sp³-hybridized carbons (Fsp3) is 0.455. The molecule has 3 aromatic rings. The van der Waals surface area contributed by atoms with Gasteiger partial charge in [0.2, 0.25) is 16.2 Å². The summed E-state index contributed by atoms with van der Waals surface area (Å²) >= 11 is 1.29. The van der Waals surface area contributed by atoms with E-state index in [9.17, 15) is 4.79 Å². The van der Waals surface area contributed by atoms with Crippen LogP contribution in [0.1, 0.15) is 18.1 Å². The van der Waals surface area contributed by atoms with Crippen molar-refractivity contribution in [2.45, 2.75) is 24.7 Å². The van der Waals surface area contributed by atoms with Gasteiger partial charge in [0.25, 0.3) is 5.91 Å². The molecule has 0 saturated carbocycles. The van der Waals surface area contributed by atoms with Gasteiger partial charge in [0.05, 0.1) is 18.5 Å². The minimum Gasteiger partial charge on any atom is -0.378 e. The summed E-state index contributed by atoms with van der Waals surface area (Å²) < 4.78 is 10.9. The van der Waals surface area contributed by atoms with Gasteiger partial charge in [0.1, 0.15) is 0 Å². The van der Waals surface area contributed by atoms with Gasteiger partial charge in [0, 0.05) is 52.1 Å². The number of nitrogens with zero attached hydrogens (tertiary/aromatic N) is 7. The maximum Gasteiger partial charge on any atom is 0.259 e. The highest BCUT2D eigenvalue weighted by Gasteiger charge is 2.29. The average Bonchev–Trinajstić information content (AvgIpc) is 3.50. The van der Waals surface area contributed by atoms with Gasteiger partial charge in [-0.05, 0) is 24.1 Å². The fourth-order valence-corrected chi connectivity index (χ4v) is 4.92. The van der Waals surface area contributed by atoms with Crippen molar-refractivity contribution in [3.8, 4) is 0 Å². The first kappa shape index (κ1) is 23.3. The Morgan fingerprint density at radius 3 is 2.74 bits per heavy atom. The largest absolute Gasteiger partial charge is 0.378 e. The van der Waals surface area contributed by atoms with Crippen molar-refractivity contribution in [1.82, 2.24) is 25.4 Å². The number of amides is 1. The molecule has 184 valence electrons. The Morgan fingerprint density at radius 1 is 1.11 bits per heavy atom. The third-order valence-corrected chi connectivity index (χ3v) is 6.89. The molecule has 1 amide bonds. The van der Waals surface area contributed by atoms with Crippen LogP contribution in [0.25, 0.3) is 0 Å². The monoisotopic (exact) mass is 497 g/mol. The third kappa shape index (κ3) is 5.31. The van der Waals surface area contributed by atoms with Crippen LogP contribution < -0.4 is 20.4 Å². The molecule has 1 unspecified atom stereocenters. The quantitative estimate of drug-likeness (QED) is 0.447. The molecule has 2 fully saturated rings. The molecule has 0 bridgehead atoms. The predicted molar refractivity (Wildman–Crippen MR) is 132 cm³/mol. The number of anilines is 4. The van der Waals surface area contributed by atoms with Crippen LogP contribution in [0.2, 0.25) is 0 Å². The average molecular weight is 498 g/mol. The smallest absolute Gasteiger partial charge is 0.259 e. The summed E-state index contributed by atoms with van der Waals surface area (Å²) in [6.45, 7) is 3.22. The Kier molecular flexibility index (Phi) is 6.97. The third-order valence-electron chi connectivity index (χ3n) is 6.12. The van der Waals surface area contributed by atoms with Crippen LogP contribution in [0.15, 0.2) is 36.7 Å². The summed E-state index contributed by atoms with van der Waals surface area (Å²) in [5.41, 5.74) is 1.81. The lowest BCUT2D eigenvalue weighted by molar-refractivity contribution is -0.126. The van der Waals surface area contributed by atoms with Gasteiger partial charge in [-0.2, -0.15) is 5.10 Å². The van der Waals surface area contributed by atoms with E-state index in [1.165, 1.54) is 18.4 Å². The summed E-state index contributed by atoms with van der Waals surface area (Å²) in [4.78, 5) is 21.5. The molecular weight excluding hydrogens is 470 g/mol. The zero-order chi connectivity index (χ0) is 24.2. The van der Waals surface area contributed by atoms with Gasteiger partial charge in [0.15, 0.2) is 6.10 Å². The van der Waals surface area contributed by atoms with Crippen molar-refractivity contribution < 1.29 is 14.3 Å². The lowest BCUT2D eigenvalue weighted by atomic mass is 10.0. The molecule has 0 aliphatic carbocycles. The Morgan fingerprint density at radius 2 is 1.97 bits per heavy atom. The van der Waals surface area contributed by atoms with Crippen LogP contribution in [0, 0.1) is 0 Å². The van der Waals surface area contributed by atoms with Gasteiger partial charge in [-0.1, -0.05) is 23.5 Å². The van der Waals surface area contributed by atoms with Crippen molar-refractivity contribution in [1.29, 1.82) is 0 Å². The van der Waals surface area contributed by atoms with Crippen LogP contribution in [0.4, 0.5) is 21.9 Å². The van der Waals surface area contributed by atoms with E-state index >= 15 is 0 Å². The summed E-state index contributed by atoms with van der Waals surface area (Å²) in [7, 11) is 3.24. The number of hydrogen-bond acceptors (Lipinski definition) is 12. The molecule has 2 N–H and O–H groups in total. The highest BCUT2D eigenvalue weighted by Crippen LogP contribution is 2.29. The van der Waals surface area contributed by atoms with Crippen molar-refractivity contribution in [3.63, 3.8) is 0 Å². The number of carbonyl (C=O) groups is 1. The lowest BCUT2D eigenvalue weighted by Crippen LogP contribution is -2.51. The number of hydrogen-bond donors (Lipinski definition) is 2. The first-order valence-electron chi connectivity index (χ1n) is 11.3. The molecule has 0 spiro atoms. The van der Waals surface area contributed by atoms with E-state index < -0.39 is 6.10 Å². The standard InChI is InChI=1S/C22H27N9O3S/c1-33-17-12-31(13-17)16-5-3-4-14(10-16)18(34-2)19(32)26-22-29-28-21(35-22)25-15-6-9-30(11-15)20-23-7-8-24-27-20/h3-5,7-8,10,15,17-18H,6,9,11-13H2,1-2H3,(H,25,28)(H,26,29,32)/t15-,18?/m1/s1. The molecule has 1 aromatic carbocycles. The molecule has 0 radical (unpaired) electrons. The second kappa shape index (κ2) is 10.5. The van der Waals surface area contributed by atoms with Gasteiger partial charge < -0.3 is 24.6 Å². The summed E-state index contributed by atoms with van der Waals surface area (Å²) in [5.74, 6) is 0.316. The number of nitrogens with one attached hydrogen (secondary N) is 2. The fourth-order valence-electron chi connectivity index (χ4n) is 4.20. The molecular formula is C22H27N9O3S. The normalized spacial score (nSPS) is 18.9. The predicted octanol–water partition coefficient (Wildman–Crippen LogP) is 1.58. The van der Waals surface area contributed by atoms with Gasteiger partial charge in [-0.3, -0.25) is 10.1 Å². The highest BCUT2D eigenvalue weighted by atomic mass is 32.1. The first-order valence-corrected chi connectivity index (χ1v) is 12.1.